The van der Waals surface area contributed by atoms with Crippen LogP contribution in [0.25, 0.3) is 0 Å². The number of benzene rings is 1. The molecule has 1 aliphatic rings. The van der Waals surface area contributed by atoms with Gasteiger partial charge in [0.25, 0.3) is 0 Å². The summed E-state index contributed by atoms with van der Waals surface area (Å²) in [4.78, 5) is 0. The van der Waals surface area contributed by atoms with Gasteiger partial charge in [-0.3, -0.25) is 11.3 Å². The fraction of sp³-hybridized carbons (Fsp3) is 0.647. The van der Waals surface area contributed by atoms with Crippen molar-refractivity contribution < 1.29 is 0 Å². The van der Waals surface area contributed by atoms with E-state index in [9.17, 15) is 0 Å². The first kappa shape index (κ1) is 14.5. The van der Waals surface area contributed by atoms with E-state index in [1.54, 1.807) is 0 Å². The molecule has 0 bridgehead atoms. The standard InChI is InChI=1S/C17H28N2/c1-4-13-8-7-9-14(12-13)16(19-18)15-10-5-6-11-17(15,2)3/h7-9,12,15-16,19H,4-6,10-11,18H2,1-3H3. The summed E-state index contributed by atoms with van der Waals surface area (Å²) in [5, 5.41) is 0. The van der Waals surface area contributed by atoms with Crippen LogP contribution in [0.15, 0.2) is 24.3 Å². The summed E-state index contributed by atoms with van der Waals surface area (Å²) in [6.07, 6.45) is 6.36. The Morgan fingerprint density at radius 1 is 1.37 bits per heavy atom. The SMILES string of the molecule is CCc1cccc(C(NN)C2CCCCC2(C)C)c1. The monoisotopic (exact) mass is 260 g/mol. The van der Waals surface area contributed by atoms with Crippen molar-refractivity contribution in [3.8, 4) is 0 Å². The average molecular weight is 260 g/mol. The number of nitrogens with one attached hydrogen (secondary N) is 1. The first-order chi connectivity index (χ1) is 9.08. The van der Waals surface area contributed by atoms with Crippen molar-refractivity contribution in [3.05, 3.63) is 35.4 Å². The van der Waals surface area contributed by atoms with Crippen molar-refractivity contribution >= 4 is 0 Å². The molecule has 0 amide bonds. The molecule has 2 unspecified atom stereocenters. The van der Waals surface area contributed by atoms with Crippen LogP contribution >= 0.6 is 0 Å². The molecule has 0 aliphatic heterocycles. The van der Waals surface area contributed by atoms with E-state index in [0.717, 1.165) is 6.42 Å². The molecule has 2 rings (SSSR count). The van der Waals surface area contributed by atoms with Gasteiger partial charge in [0.1, 0.15) is 0 Å². The molecule has 1 fully saturated rings. The zero-order valence-corrected chi connectivity index (χ0v) is 12.6. The second-order valence-electron chi connectivity index (χ2n) is 6.58. The summed E-state index contributed by atoms with van der Waals surface area (Å²) in [6, 6.07) is 9.17. The van der Waals surface area contributed by atoms with E-state index >= 15 is 0 Å². The van der Waals surface area contributed by atoms with E-state index in [1.807, 2.05) is 0 Å². The molecule has 1 aromatic carbocycles. The van der Waals surface area contributed by atoms with Gasteiger partial charge in [-0.1, -0.05) is 57.9 Å². The molecule has 106 valence electrons. The number of hydrazine groups is 1. The topological polar surface area (TPSA) is 38.0 Å². The smallest absolute Gasteiger partial charge is 0.0493 e. The highest BCUT2D eigenvalue weighted by Crippen LogP contribution is 2.46. The van der Waals surface area contributed by atoms with Crippen molar-refractivity contribution in [2.24, 2.45) is 17.2 Å². The highest BCUT2D eigenvalue weighted by Gasteiger charge is 2.37. The Kier molecular flexibility index (Phi) is 4.64. The fourth-order valence-corrected chi connectivity index (χ4v) is 3.59. The Morgan fingerprint density at radius 2 is 2.16 bits per heavy atom. The van der Waals surface area contributed by atoms with E-state index < -0.39 is 0 Å². The highest BCUT2D eigenvalue weighted by atomic mass is 15.2. The molecular formula is C17H28N2. The molecule has 1 aromatic rings. The van der Waals surface area contributed by atoms with Gasteiger partial charge in [0.15, 0.2) is 0 Å². The van der Waals surface area contributed by atoms with Crippen molar-refractivity contribution in [3.63, 3.8) is 0 Å². The lowest BCUT2D eigenvalue weighted by Gasteiger charge is -2.43. The van der Waals surface area contributed by atoms with Crippen LogP contribution in [0.1, 0.15) is 63.6 Å². The third-order valence-corrected chi connectivity index (χ3v) is 4.89. The van der Waals surface area contributed by atoms with Crippen LogP contribution in [0.3, 0.4) is 0 Å². The minimum atomic E-state index is 0.279. The summed E-state index contributed by atoms with van der Waals surface area (Å²) in [5.41, 5.74) is 6.21. The van der Waals surface area contributed by atoms with Gasteiger partial charge in [-0.25, -0.2) is 0 Å². The van der Waals surface area contributed by atoms with Crippen molar-refractivity contribution in [1.82, 2.24) is 5.43 Å². The Hall–Kier alpha value is -0.860. The van der Waals surface area contributed by atoms with E-state index in [-0.39, 0.29) is 6.04 Å². The molecule has 0 saturated heterocycles. The van der Waals surface area contributed by atoms with Gasteiger partial charge in [-0.15, -0.1) is 0 Å². The number of hydrogen-bond acceptors (Lipinski definition) is 2. The molecule has 19 heavy (non-hydrogen) atoms. The molecule has 0 radical (unpaired) electrons. The van der Waals surface area contributed by atoms with Crippen LogP contribution in [0.5, 0.6) is 0 Å². The van der Waals surface area contributed by atoms with Crippen LogP contribution in [0.4, 0.5) is 0 Å². The quantitative estimate of drug-likeness (QED) is 0.635. The summed E-state index contributed by atoms with van der Waals surface area (Å²) < 4.78 is 0. The first-order valence-electron chi connectivity index (χ1n) is 7.63. The number of nitrogens with two attached hydrogens (primary N) is 1. The predicted molar refractivity (Wildman–Crippen MR) is 81.6 cm³/mol. The molecule has 1 aliphatic carbocycles. The Morgan fingerprint density at radius 3 is 2.79 bits per heavy atom. The number of aryl methyl sites for hydroxylation is 1. The molecule has 0 heterocycles. The molecule has 0 spiro atoms. The number of hydrogen-bond donors (Lipinski definition) is 2. The van der Waals surface area contributed by atoms with Gasteiger partial charge in [0, 0.05) is 6.04 Å². The maximum atomic E-state index is 5.90. The van der Waals surface area contributed by atoms with Crippen LogP contribution < -0.4 is 11.3 Å². The van der Waals surface area contributed by atoms with Gasteiger partial charge >= 0.3 is 0 Å². The van der Waals surface area contributed by atoms with Crippen LogP contribution in [-0.4, -0.2) is 0 Å². The maximum absolute atomic E-state index is 5.90. The summed E-state index contributed by atoms with van der Waals surface area (Å²) in [6.45, 7) is 6.99. The zero-order chi connectivity index (χ0) is 13.9. The van der Waals surface area contributed by atoms with E-state index in [4.69, 9.17) is 5.84 Å². The van der Waals surface area contributed by atoms with Gasteiger partial charge in [-0.05, 0) is 41.7 Å². The second-order valence-corrected chi connectivity index (χ2v) is 6.58. The van der Waals surface area contributed by atoms with Gasteiger partial charge in [-0.2, -0.15) is 0 Å². The number of rotatable bonds is 4. The summed E-state index contributed by atoms with van der Waals surface area (Å²) in [7, 11) is 0. The van der Waals surface area contributed by atoms with E-state index in [1.165, 1.54) is 36.8 Å². The fourth-order valence-electron chi connectivity index (χ4n) is 3.59. The van der Waals surface area contributed by atoms with E-state index in [2.05, 4.69) is 50.5 Å². The van der Waals surface area contributed by atoms with Gasteiger partial charge < -0.3 is 0 Å². The molecule has 2 atom stereocenters. The molecule has 3 N–H and O–H groups in total. The van der Waals surface area contributed by atoms with Crippen LogP contribution in [0.2, 0.25) is 0 Å². The third-order valence-electron chi connectivity index (χ3n) is 4.89. The Labute approximate surface area is 117 Å². The zero-order valence-electron chi connectivity index (χ0n) is 12.6. The molecule has 2 nitrogen and oxygen atoms in total. The minimum Gasteiger partial charge on any atom is -0.271 e. The summed E-state index contributed by atoms with van der Waals surface area (Å²) in [5.74, 6) is 6.52. The lowest BCUT2D eigenvalue weighted by Crippen LogP contribution is -2.41. The van der Waals surface area contributed by atoms with Gasteiger partial charge in [0.05, 0.1) is 0 Å². The third kappa shape index (κ3) is 3.18. The Balaban J connectivity index is 2.27. The predicted octanol–water partition coefficient (Wildman–Crippen LogP) is 3.97. The van der Waals surface area contributed by atoms with Crippen LogP contribution in [0, 0.1) is 11.3 Å². The van der Waals surface area contributed by atoms with E-state index in [0.29, 0.717) is 11.3 Å². The minimum absolute atomic E-state index is 0.279. The molecule has 2 heteroatoms. The average Bonchev–Trinajstić information content (AvgIpc) is 2.41. The molecule has 0 aromatic heterocycles. The summed E-state index contributed by atoms with van der Waals surface area (Å²) >= 11 is 0. The second kappa shape index (κ2) is 6.06. The Bertz CT molecular complexity index is 411. The van der Waals surface area contributed by atoms with Crippen LogP contribution in [-0.2, 0) is 6.42 Å². The lowest BCUT2D eigenvalue weighted by molar-refractivity contribution is 0.0982. The van der Waals surface area contributed by atoms with Crippen molar-refractivity contribution in [2.45, 2.75) is 58.9 Å². The highest BCUT2D eigenvalue weighted by molar-refractivity contribution is 5.27. The van der Waals surface area contributed by atoms with Crippen molar-refractivity contribution in [2.75, 3.05) is 0 Å². The first-order valence-corrected chi connectivity index (χ1v) is 7.63. The lowest BCUT2D eigenvalue weighted by atomic mass is 9.65. The largest absolute Gasteiger partial charge is 0.271 e. The van der Waals surface area contributed by atoms with Crippen molar-refractivity contribution in [1.29, 1.82) is 0 Å². The molecule has 1 saturated carbocycles. The van der Waals surface area contributed by atoms with Gasteiger partial charge in [0.2, 0.25) is 0 Å². The normalized spacial score (nSPS) is 24.1. The maximum Gasteiger partial charge on any atom is 0.0493 e. The molecular weight excluding hydrogens is 232 g/mol.